The minimum Gasteiger partial charge on any atom is -0.340 e. The van der Waals surface area contributed by atoms with E-state index in [1.54, 1.807) is 6.92 Å². The highest BCUT2D eigenvalue weighted by atomic mass is 32.1. The molecule has 3 nitrogen and oxygen atoms in total. The Balaban J connectivity index is 1.79. The van der Waals surface area contributed by atoms with E-state index in [0.29, 0.717) is 23.8 Å². The van der Waals surface area contributed by atoms with E-state index >= 15 is 0 Å². The number of hydrogen-bond acceptors (Lipinski definition) is 2. The van der Waals surface area contributed by atoms with Crippen molar-refractivity contribution in [2.45, 2.75) is 20.0 Å². The number of nitrogens with zero attached hydrogens (tertiary/aromatic N) is 1. The lowest BCUT2D eigenvalue weighted by Crippen LogP contribution is -2.33. The summed E-state index contributed by atoms with van der Waals surface area (Å²) < 4.78 is 0. The number of benzene rings is 3. The lowest BCUT2D eigenvalue weighted by Gasteiger charge is -2.26. The molecule has 27 heavy (non-hydrogen) atoms. The van der Waals surface area contributed by atoms with Crippen LogP contribution in [0.4, 0.5) is 5.69 Å². The van der Waals surface area contributed by atoms with E-state index in [9.17, 15) is 4.79 Å². The molecule has 0 saturated heterocycles. The fraction of sp³-hybridized carbons (Fsp3) is 0.130. The molecule has 1 N–H and O–H groups in total. The van der Waals surface area contributed by atoms with Crippen molar-refractivity contribution in [3.8, 4) is 0 Å². The number of carbonyl (C=O) groups excluding carboxylic acids is 1. The van der Waals surface area contributed by atoms with Gasteiger partial charge in [0.1, 0.15) is 0 Å². The van der Waals surface area contributed by atoms with Crippen molar-refractivity contribution in [2.75, 3.05) is 5.32 Å². The van der Waals surface area contributed by atoms with Crippen LogP contribution < -0.4 is 5.32 Å². The molecule has 0 aromatic heterocycles. The van der Waals surface area contributed by atoms with Crippen molar-refractivity contribution < 1.29 is 4.79 Å². The standard InChI is InChI=1S/C23H22N2OS/c1-18(26)21-13-8-14-22(15-21)24-23(27)25(16-19-9-4-2-5-10-19)17-20-11-6-3-7-12-20/h2-15H,16-17H2,1H3,(H,24,27). The molecule has 0 aliphatic rings. The first-order valence-corrected chi connectivity index (χ1v) is 9.27. The molecule has 0 unspecified atom stereocenters. The first kappa shape index (κ1) is 18.8. The van der Waals surface area contributed by atoms with E-state index in [2.05, 4.69) is 34.5 Å². The molecule has 0 aliphatic carbocycles. The Morgan fingerprint density at radius 2 is 1.41 bits per heavy atom. The maximum absolute atomic E-state index is 11.6. The van der Waals surface area contributed by atoms with Crippen LogP contribution in [0, 0.1) is 0 Å². The summed E-state index contributed by atoms with van der Waals surface area (Å²) in [5, 5.41) is 3.91. The van der Waals surface area contributed by atoms with Gasteiger partial charge in [-0.2, -0.15) is 0 Å². The van der Waals surface area contributed by atoms with E-state index in [1.165, 1.54) is 11.1 Å². The molecule has 0 fully saturated rings. The van der Waals surface area contributed by atoms with E-state index in [4.69, 9.17) is 12.2 Å². The normalized spacial score (nSPS) is 10.3. The van der Waals surface area contributed by atoms with Crippen LogP contribution in [0.1, 0.15) is 28.4 Å². The third-order valence-electron chi connectivity index (χ3n) is 4.24. The second kappa shape index (κ2) is 9.10. The molecule has 3 rings (SSSR count). The number of carbonyl (C=O) groups is 1. The topological polar surface area (TPSA) is 32.3 Å². The molecule has 0 amide bonds. The van der Waals surface area contributed by atoms with Crippen LogP contribution in [0.2, 0.25) is 0 Å². The number of thiocarbonyl (C=S) groups is 1. The Morgan fingerprint density at radius 1 is 0.852 bits per heavy atom. The van der Waals surface area contributed by atoms with Gasteiger partial charge in [-0.1, -0.05) is 72.8 Å². The monoisotopic (exact) mass is 374 g/mol. The van der Waals surface area contributed by atoms with Gasteiger partial charge in [0.05, 0.1) is 0 Å². The summed E-state index contributed by atoms with van der Waals surface area (Å²) in [5.74, 6) is 0.0370. The zero-order valence-electron chi connectivity index (χ0n) is 15.3. The number of rotatable bonds is 6. The van der Waals surface area contributed by atoms with Gasteiger partial charge in [-0.15, -0.1) is 0 Å². The first-order valence-electron chi connectivity index (χ1n) is 8.86. The Kier molecular flexibility index (Phi) is 6.34. The largest absolute Gasteiger partial charge is 0.340 e. The Bertz CT molecular complexity index is 868. The second-order valence-electron chi connectivity index (χ2n) is 6.39. The number of Topliss-reactive ketones (excluding diaryl/α,β-unsaturated/α-hetero) is 1. The van der Waals surface area contributed by atoms with Crippen molar-refractivity contribution in [3.63, 3.8) is 0 Å². The number of nitrogens with one attached hydrogen (secondary N) is 1. The Labute approximate surface area is 165 Å². The molecule has 136 valence electrons. The van der Waals surface area contributed by atoms with Gasteiger partial charge in [-0.05, 0) is 42.4 Å². The molecule has 4 heteroatoms. The highest BCUT2D eigenvalue weighted by molar-refractivity contribution is 7.80. The van der Waals surface area contributed by atoms with Gasteiger partial charge in [-0.25, -0.2) is 0 Å². The predicted octanol–water partition coefficient (Wildman–Crippen LogP) is 5.29. The summed E-state index contributed by atoms with van der Waals surface area (Å²) in [6.45, 7) is 2.97. The summed E-state index contributed by atoms with van der Waals surface area (Å²) in [7, 11) is 0. The maximum Gasteiger partial charge on any atom is 0.174 e. The zero-order valence-corrected chi connectivity index (χ0v) is 16.1. The SMILES string of the molecule is CC(=O)c1cccc(NC(=S)N(Cc2ccccc2)Cc2ccccc2)c1. The molecule has 0 spiro atoms. The highest BCUT2D eigenvalue weighted by Gasteiger charge is 2.12. The summed E-state index contributed by atoms with van der Waals surface area (Å²) in [4.78, 5) is 13.8. The molecule has 0 saturated carbocycles. The summed E-state index contributed by atoms with van der Waals surface area (Å²) in [6.07, 6.45) is 0. The van der Waals surface area contributed by atoms with Crippen LogP contribution in [0.5, 0.6) is 0 Å². The summed E-state index contributed by atoms with van der Waals surface area (Å²) in [6, 6.07) is 27.9. The van der Waals surface area contributed by atoms with Gasteiger partial charge in [-0.3, -0.25) is 4.79 Å². The molecule has 0 aliphatic heterocycles. The van der Waals surface area contributed by atoms with Crippen LogP contribution in [0.15, 0.2) is 84.9 Å². The third-order valence-corrected chi connectivity index (χ3v) is 4.60. The lowest BCUT2D eigenvalue weighted by atomic mass is 10.1. The smallest absolute Gasteiger partial charge is 0.174 e. The van der Waals surface area contributed by atoms with Gasteiger partial charge in [0.15, 0.2) is 10.9 Å². The van der Waals surface area contributed by atoms with Gasteiger partial charge >= 0.3 is 0 Å². The van der Waals surface area contributed by atoms with Crippen LogP contribution in [-0.2, 0) is 13.1 Å². The van der Waals surface area contributed by atoms with E-state index in [0.717, 1.165) is 5.69 Å². The molecule has 0 bridgehead atoms. The molecule has 0 heterocycles. The predicted molar refractivity (Wildman–Crippen MR) is 115 cm³/mol. The third kappa shape index (κ3) is 5.50. The molecular formula is C23H22N2OS. The van der Waals surface area contributed by atoms with Crippen molar-refractivity contribution in [1.82, 2.24) is 4.90 Å². The van der Waals surface area contributed by atoms with Gasteiger partial charge in [0.2, 0.25) is 0 Å². The quantitative estimate of drug-likeness (QED) is 0.469. The Morgan fingerprint density at radius 3 is 1.93 bits per heavy atom. The molecule has 0 radical (unpaired) electrons. The van der Waals surface area contributed by atoms with Crippen LogP contribution in [0.3, 0.4) is 0 Å². The summed E-state index contributed by atoms with van der Waals surface area (Å²) in [5.41, 5.74) is 3.87. The average Bonchev–Trinajstić information content (AvgIpc) is 2.69. The van der Waals surface area contributed by atoms with Gasteiger partial charge in [0, 0.05) is 24.3 Å². The minimum absolute atomic E-state index is 0.0370. The number of ketones is 1. The fourth-order valence-electron chi connectivity index (χ4n) is 2.83. The van der Waals surface area contributed by atoms with Crippen molar-refractivity contribution >= 4 is 28.8 Å². The van der Waals surface area contributed by atoms with E-state index in [-0.39, 0.29) is 5.78 Å². The van der Waals surface area contributed by atoms with Crippen LogP contribution >= 0.6 is 12.2 Å². The molecular weight excluding hydrogens is 352 g/mol. The number of anilines is 1. The van der Waals surface area contributed by atoms with Gasteiger partial charge < -0.3 is 10.2 Å². The molecule has 3 aromatic rings. The number of hydrogen-bond donors (Lipinski definition) is 1. The Hall–Kier alpha value is -2.98. The van der Waals surface area contributed by atoms with E-state index < -0.39 is 0 Å². The van der Waals surface area contributed by atoms with Crippen molar-refractivity contribution in [2.24, 2.45) is 0 Å². The average molecular weight is 375 g/mol. The lowest BCUT2D eigenvalue weighted by molar-refractivity contribution is 0.101. The molecule has 3 aromatic carbocycles. The second-order valence-corrected chi connectivity index (χ2v) is 6.78. The zero-order chi connectivity index (χ0) is 19.1. The van der Waals surface area contributed by atoms with Gasteiger partial charge in [0.25, 0.3) is 0 Å². The first-order chi connectivity index (χ1) is 13.1. The molecule has 0 atom stereocenters. The van der Waals surface area contributed by atoms with Crippen molar-refractivity contribution in [3.05, 3.63) is 102 Å². The fourth-order valence-corrected chi connectivity index (χ4v) is 3.07. The van der Waals surface area contributed by atoms with Crippen LogP contribution in [-0.4, -0.2) is 15.8 Å². The highest BCUT2D eigenvalue weighted by Crippen LogP contribution is 2.15. The van der Waals surface area contributed by atoms with Crippen LogP contribution in [0.25, 0.3) is 0 Å². The van der Waals surface area contributed by atoms with Crippen molar-refractivity contribution in [1.29, 1.82) is 0 Å². The minimum atomic E-state index is 0.0370. The maximum atomic E-state index is 11.6. The van der Waals surface area contributed by atoms with E-state index in [1.807, 2.05) is 60.7 Å². The summed E-state index contributed by atoms with van der Waals surface area (Å²) >= 11 is 5.69.